The number of fused-ring (bicyclic) bond motifs is 1. The minimum atomic E-state index is -4.09. The van der Waals surface area contributed by atoms with Crippen molar-refractivity contribution in [2.45, 2.75) is 31.5 Å². The summed E-state index contributed by atoms with van der Waals surface area (Å²) in [6.45, 7) is 0.329. The Kier molecular flexibility index (Phi) is 6.81. The number of nitrogens with two attached hydrogens (primary N) is 1. The number of thiophene rings is 1. The van der Waals surface area contributed by atoms with Gasteiger partial charge in [0.2, 0.25) is 5.78 Å². The minimum Gasteiger partial charge on any atom is -0.393 e. The van der Waals surface area contributed by atoms with Crippen LogP contribution in [0.4, 0.5) is 5.82 Å². The van der Waals surface area contributed by atoms with Gasteiger partial charge in [0, 0.05) is 33.9 Å². The zero-order valence-electron chi connectivity index (χ0n) is 19.0. The lowest BCUT2D eigenvalue weighted by molar-refractivity contribution is 0.101. The molecular weight excluding hydrogens is 504 g/mol. The zero-order chi connectivity index (χ0) is 25.3. The molecule has 1 aliphatic rings. The van der Waals surface area contributed by atoms with E-state index in [1.807, 2.05) is 12.1 Å². The van der Waals surface area contributed by atoms with Gasteiger partial charge in [0.15, 0.2) is 0 Å². The number of hydrogen-bond donors (Lipinski definition) is 3. The second-order valence-electron chi connectivity index (χ2n) is 8.68. The third-order valence-corrected chi connectivity index (χ3v) is 7.63. The molecule has 3 aromatic heterocycles. The second-order valence-corrected chi connectivity index (χ2v) is 11.1. The molecule has 11 nitrogen and oxygen atoms in total. The average molecular weight is 529 g/mol. The van der Waals surface area contributed by atoms with Gasteiger partial charge in [-0.05, 0) is 36.4 Å². The van der Waals surface area contributed by atoms with E-state index in [2.05, 4.69) is 42.8 Å². The number of carbonyl (C=O) groups is 1. The number of aromatic nitrogens is 4. The number of aliphatic hydroxyl groups is 1. The molecule has 0 amide bonds. The highest BCUT2D eigenvalue weighted by molar-refractivity contribution is 7.84. The molecule has 0 spiro atoms. The lowest BCUT2D eigenvalue weighted by atomic mass is 10.1. The maximum atomic E-state index is 13.2. The van der Waals surface area contributed by atoms with Crippen LogP contribution >= 0.6 is 11.3 Å². The van der Waals surface area contributed by atoms with E-state index >= 15 is 0 Å². The fourth-order valence-corrected chi connectivity index (χ4v) is 5.79. The molecule has 0 saturated heterocycles. The summed E-state index contributed by atoms with van der Waals surface area (Å²) in [6, 6.07) is 11.7. The molecule has 188 valence electrons. The Labute approximate surface area is 211 Å². The molecule has 1 fully saturated rings. The molecule has 0 unspecified atom stereocenters. The van der Waals surface area contributed by atoms with E-state index in [0.29, 0.717) is 25.2 Å². The standard InChI is InChI=1S/C23H24N6O5S2/c24-36(32,33)34-12-15-7-16(9-20(15)30)27-23-18(10-25-13-26-23)22(31)19-5-6-29(28-19)11-17-8-14-3-1-2-4-21(14)35-17/h1-6,8,10,13,15-16,20,30H,7,9,11-12H2,(H2,24,32,33)(H,25,26,27)/t15-,16-,20+/m1/s1. The van der Waals surface area contributed by atoms with Crippen molar-refractivity contribution in [2.24, 2.45) is 11.1 Å². The largest absolute Gasteiger partial charge is 0.393 e. The molecule has 4 aromatic rings. The van der Waals surface area contributed by atoms with Gasteiger partial charge in [-0.1, -0.05) is 18.2 Å². The number of hydrogen-bond acceptors (Lipinski definition) is 10. The highest BCUT2D eigenvalue weighted by Gasteiger charge is 2.34. The first-order valence-electron chi connectivity index (χ1n) is 11.2. The number of rotatable bonds is 9. The Bertz CT molecular complexity index is 1470. The summed E-state index contributed by atoms with van der Waals surface area (Å²) < 4.78 is 29.7. The summed E-state index contributed by atoms with van der Waals surface area (Å²) in [5.41, 5.74) is 0.517. The molecule has 1 aliphatic carbocycles. The van der Waals surface area contributed by atoms with Crippen LogP contribution in [0.1, 0.15) is 33.8 Å². The van der Waals surface area contributed by atoms with Gasteiger partial charge in [-0.2, -0.15) is 13.5 Å². The van der Waals surface area contributed by atoms with E-state index in [4.69, 9.17) is 5.14 Å². The summed E-state index contributed by atoms with van der Waals surface area (Å²) in [5, 5.41) is 24.0. The summed E-state index contributed by atoms with van der Waals surface area (Å²) in [7, 11) is -4.09. The molecule has 13 heteroatoms. The zero-order valence-corrected chi connectivity index (χ0v) is 20.7. The van der Waals surface area contributed by atoms with Gasteiger partial charge in [-0.25, -0.2) is 15.1 Å². The fraction of sp³-hybridized carbons (Fsp3) is 0.304. The van der Waals surface area contributed by atoms with Crippen LogP contribution in [0, 0.1) is 5.92 Å². The maximum Gasteiger partial charge on any atom is 0.333 e. The van der Waals surface area contributed by atoms with Gasteiger partial charge < -0.3 is 10.4 Å². The molecule has 0 aliphatic heterocycles. The molecular formula is C23H24N6O5S2. The van der Waals surface area contributed by atoms with Gasteiger partial charge in [-0.15, -0.1) is 11.3 Å². The van der Waals surface area contributed by atoms with E-state index in [-0.39, 0.29) is 29.7 Å². The van der Waals surface area contributed by atoms with Crippen molar-refractivity contribution in [2.75, 3.05) is 11.9 Å². The molecule has 1 aromatic carbocycles. The molecule has 3 heterocycles. The monoisotopic (exact) mass is 528 g/mol. The van der Waals surface area contributed by atoms with Crippen LogP contribution in [0.25, 0.3) is 10.1 Å². The van der Waals surface area contributed by atoms with Gasteiger partial charge >= 0.3 is 10.3 Å². The highest BCUT2D eigenvalue weighted by atomic mass is 32.2. The van der Waals surface area contributed by atoms with Crippen molar-refractivity contribution in [1.29, 1.82) is 0 Å². The van der Waals surface area contributed by atoms with E-state index in [0.717, 1.165) is 4.88 Å². The van der Waals surface area contributed by atoms with Crippen molar-refractivity contribution in [1.82, 2.24) is 19.7 Å². The van der Waals surface area contributed by atoms with E-state index in [1.165, 1.54) is 22.6 Å². The number of benzene rings is 1. The van der Waals surface area contributed by atoms with Crippen molar-refractivity contribution >= 4 is 43.3 Å². The van der Waals surface area contributed by atoms with Gasteiger partial charge in [0.05, 0.1) is 24.8 Å². The number of ketones is 1. The lowest BCUT2D eigenvalue weighted by Crippen LogP contribution is -2.24. The maximum absolute atomic E-state index is 13.2. The van der Waals surface area contributed by atoms with E-state index < -0.39 is 22.3 Å². The molecule has 36 heavy (non-hydrogen) atoms. The average Bonchev–Trinajstić information content (AvgIpc) is 3.55. The van der Waals surface area contributed by atoms with Gasteiger partial charge in [-0.3, -0.25) is 13.7 Å². The Morgan fingerprint density at radius 1 is 1.28 bits per heavy atom. The Morgan fingerprint density at radius 3 is 2.92 bits per heavy atom. The topological polar surface area (TPSA) is 162 Å². The predicted octanol–water partition coefficient (Wildman–Crippen LogP) is 1.94. The van der Waals surface area contributed by atoms with Crippen molar-refractivity contribution in [3.63, 3.8) is 0 Å². The third kappa shape index (κ3) is 5.60. The lowest BCUT2D eigenvalue weighted by Gasteiger charge is -2.15. The molecule has 3 atom stereocenters. The molecule has 0 bridgehead atoms. The summed E-state index contributed by atoms with van der Waals surface area (Å²) in [4.78, 5) is 22.6. The Balaban J connectivity index is 1.27. The molecule has 0 radical (unpaired) electrons. The first kappa shape index (κ1) is 24.5. The fourth-order valence-electron chi connectivity index (χ4n) is 4.37. The van der Waals surface area contributed by atoms with Gasteiger partial charge in [0.25, 0.3) is 0 Å². The SMILES string of the molecule is NS(=O)(=O)OC[C@H]1C[C@@H](Nc2ncncc2C(=O)c2ccn(Cc3cc4ccccc4s3)n2)C[C@@H]1O. The highest BCUT2D eigenvalue weighted by Crippen LogP contribution is 2.30. The normalized spacial score (nSPS) is 20.1. The van der Waals surface area contributed by atoms with Gasteiger partial charge in [0.1, 0.15) is 17.8 Å². The molecule has 4 N–H and O–H groups in total. The van der Waals surface area contributed by atoms with Crippen molar-refractivity contribution < 1.29 is 22.5 Å². The predicted molar refractivity (Wildman–Crippen MR) is 134 cm³/mol. The van der Waals surface area contributed by atoms with Crippen molar-refractivity contribution in [3.05, 3.63) is 71.3 Å². The number of nitrogens with zero attached hydrogens (tertiary/aromatic N) is 4. The summed E-state index contributed by atoms with van der Waals surface area (Å²) >= 11 is 1.69. The van der Waals surface area contributed by atoms with Crippen LogP contribution in [0.2, 0.25) is 0 Å². The van der Waals surface area contributed by atoms with Crippen LogP contribution in [0.5, 0.6) is 0 Å². The van der Waals surface area contributed by atoms with E-state index in [1.54, 1.807) is 28.3 Å². The quantitative estimate of drug-likeness (QED) is 0.276. The number of aliphatic hydroxyl groups excluding tert-OH is 1. The Hall–Kier alpha value is -3.23. The van der Waals surface area contributed by atoms with Crippen LogP contribution in [0.15, 0.2) is 55.1 Å². The number of nitrogens with one attached hydrogen (secondary N) is 1. The molecule has 1 saturated carbocycles. The first-order valence-corrected chi connectivity index (χ1v) is 13.5. The van der Waals surface area contributed by atoms with E-state index in [9.17, 15) is 18.3 Å². The van der Waals surface area contributed by atoms with Crippen LogP contribution in [-0.2, 0) is 21.0 Å². The second kappa shape index (κ2) is 10.0. The smallest absolute Gasteiger partial charge is 0.333 e. The minimum absolute atomic E-state index is 0.217. The summed E-state index contributed by atoms with van der Waals surface area (Å²) in [5.74, 6) is -0.438. The Morgan fingerprint density at radius 2 is 2.11 bits per heavy atom. The van der Waals surface area contributed by atoms with Crippen LogP contribution < -0.4 is 10.5 Å². The summed E-state index contributed by atoms with van der Waals surface area (Å²) in [6.07, 6.45) is 4.48. The number of carbonyl (C=O) groups excluding carboxylic acids is 1. The molecule has 5 rings (SSSR count). The van der Waals surface area contributed by atoms with Crippen LogP contribution in [0.3, 0.4) is 0 Å². The third-order valence-electron chi connectivity index (χ3n) is 6.07. The number of anilines is 1. The first-order chi connectivity index (χ1) is 17.2. The van der Waals surface area contributed by atoms with Crippen molar-refractivity contribution in [3.8, 4) is 0 Å². The van der Waals surface area contributed by atoms with Crippen LogP contribution in [-0.4, -0.2) is 57.8 Å².